The Kier molecular flexibility index (Phi) is 8.54. The van der Waals surface area contributed by atoms with Crippen molar-refractivity contribution < 1.29 is 18.0 Å². The first-order chi connectivity index (χ1) is 15.2. The summed E-state index contributed by atoms with van der Waals surface area (Å²) in [6.45, 7) is 8.56. The number of aryl methyl sites for hydroxylation is 1. The number of carbonyl (C=O) groups is 2. The number of benzene rings is 2. The van der Waals surface area contributed by atoms with Gasteiger partial charge in [-0.15, -0.1) is 0 Å². The Balaban J connectivity index is 2.43. The minimum absolute atomic E-state index is 0.0581. The first-order valence-electron chi connectivity index (χ1n) is 10.6. The molecule has 2 aromatic carbocycles. The molecule has 0 spiro atoms. The van der Waals surface area contributed by atoms with Gasteiger partial charge < -0.3 is 10.2 Å². The third-order valence-electron chi connectivity index (χ3n) is 5.03. The third-order valence-corrected chi connectivity index (χ3v) is 6.52. The number of amides is 2. The number of carbonyl (C=O) groups excluding carboxylic acids is 2. The fourth-order valence-electron chi connectivity index (χ4n) is 3.30. The summed E-state index contributed by atoms with van der Waals surface area (Å²) in [6, 6.07) is 13.1. The standard InChI is InChI=1S/C24H32ClN3O4S/c1-17-11-7-10-14-21(17)28(33(6,31)32)16-22(29)27(15-19-12-8-9-13-20(19)25)18(2)23(30)26-24(3,4)5/h7-14,18H,15-16H2,1-6H3,(H,26,30). The molecule has 1 N–H and O–H groups in total. The summed E-state index contributed by atoms with van der Waals surface area (Å²) in [6.07, 6.45) is 1.06. The van der Waals surface area contributed by atoms with E-state index in [0.29, 0.717) is 21.8 Å². The Morgan fingerprint density at radius 2 is 1.64 bits per heavy atom. The minimum atomic E-state index is -3.77. The van der Waals surface area contributed by atoms with Crippen molar-refractivity contribution >= 4 is 39.1 Å². The van der Waals surface area contributed by atoms with Gasteiger partial charge in [0.1, 0.15) is 12.6 Å². The molecule has 0 fully saturated rings. The maximum absolute atomic E-state index is 13.5. The average Bonchev–Trinajstić information content (AvgIpc) is 2.69. The number of rotatable bonds is 8. The highest BCUT2D eigenvalue weighted by Crippen LogP contribution is 2.24. The van der Waals surface area contributed by atoms with Gasteiger partial charge in [0, 0.05) is 17.1 Å². The van der Waals surface area contributed by atoms with E-state index in [2.05, 4.69) is 5.32 Å². The Hall–Kier alpha value is -2.58. The minimum Gasteiger partial charge on any atom is -0.350 e. The van der Waals surface area contributed by atoms with Crippen molar-refractivity contribution in [1.82, 2.24) is 10.2 Å². The molecule has 0 radical (unpaired) electrons. The van der Waals surface area contributed by atoms with E-state index in [1.165, 1.54) is 4.90 Å². The van der Waals surface area contributed by atoms with Gasteiger partial charge in [0.25, 0.3) is 0 Å². The molecule has 0 saturated carbocycles. The largest absolute Gasteiger partial charge is 0.350 e. The second-order valence-corrected chi connectivity index (χ2v) is 11.4. The molecule has 7 nitrogen and oxygen atoms in total. The van der Waals surface area contributed by atoms with Crippen molar-refractivity contribution in [1.29, 1.82) is 0 Å². The van der Waals surface area contributed by atoms with Crippen LogP contribution < -0.4 is 9.62 Å². The lowest BCUT2D eigenvalue weighted by molar-refractivity contribution is -0.140. The second kappa shape index (κ2) is 10.6. The van der Waals surface area contributed by atoms with Crippen LogP contribution in [0.4, 0.5) is 5.69 Å². The van der Waals surface area contributed by atoms with E-state index in [4.69, 9.17) is 11.6 Å². The van der Waals surface area contributed by atoms with Crippen LogP contribution in [0.15, 0.2) is 48.5 Å². The van der Waals surface area contributed by atoms with Crippen LogP contribution in [0.2, 0.25) is 5.02 Å². The number of anilines is 1. The van der Waals surface area contributed by atoms with Crippen molar-refractivity contribution in [2.45, 2.75) is 52.7 Å². The Bertz CT molecular complexity index is 1110. The number of sulfonamides is 1. The van der Waals surface area contributed by atoms with E-state index in [9.17, 15) is 18.0 Å². The average molecular weight is 494 g/mol. The van der Waals surface area contributed by atoms with Gasteiger partial charge in [-0.3, -0.25) is 13.9 Å². The molecule has 9 heteroatoms. The summed E-state index contributed by atoms with van der Waals surface area (Å²) in [4.78, 5) is 27.8. The zero-order valence-electron chi connectivity index (χ0n) is 19.9. The van der Waals surface area contributed by atoms with Crippen molar-refractivity contribution in [3.63, 3.8) is 0 Å². The molecule has 2 amide bonds. The molecule has 0 aromatic heterocycles. The van der Waals surface area contributed by atoms with Crippen LogP contribution in [0.5, 0.6) is 0 Å². The maximum Gasteiger partial charge on any atom is 0.244 e. The van der Waals surface area contributed by atoms with Gasteiger partial charge in [0.2, 0.25) is 21.8 Å². The molecule has 180 valence electrons. The zero-order chi connectivity index (χ0) is 25.0. The number of hydrogen-bond acceptors (Lipinski definition) is 4. The number of hydrogen-bond donors (Lipinski definition) is 1. The van der Waals surface area contributed by atoms with Gasteiger partial charge in [-0.05, 0) is 57.9 Å². The number of para-hydroxylation sites is 1. The van der Waals surface area contributed by atoms with E-state index in [-0.39, 0.29) is 12.5 Å². The predicted octanol–water partition coefficient (Wildman–Crippen LogP) is 3.75. The van der Waals surface area contributed by atoms with E-state index < -0.39 is 34.1 Å². The lowest BCUT2D eigenvalue weighted by atomic mass is 10.1. The Morgan fingerprint density at radius 3 is 2.18 bits per heavy atom. The van der Waals surface area contributed by atoms with Crippen LogP contribution in [-0.2, 0) is 26.2 Å². The highest BCUT2D eigenvalue weighted by atomic mass is 35.5. The lowest BCUT2D eigenvalue weighted by Crippen LogP contribution is -2.54. The van der Waals surface area contributed by atoms with E-state index in [1.807, 2.05) is 20.8 Å². The first kappa shape index (κ1) is 26.7. The fourth-order valence-corrected chi connectivity index (χ4v) is 4.41. The van der Waals surface area contributed by atoms with Crippen LogP contribution >= 0.6 is 11.6 Å². The fraction of sp³-hybridized carbons (Fsp3) is 0.417. The van der Waals surface area contributed by atoms with Crippen LogP contribution in [0.3, 0.4) is 0 Å². The normalized spacial score (nSPS) is 12.7. The molecule has 33 heavy (non-hydrogen) atoms. The highest BCUT2D eigenvalue weighted by Gasteiger charge is 2.32. The SMILES string of the molecule is Cc1ccccc1N(CC(=O)N(Cc1ccccc1Cl)C(C)C(=O)NC(C)(C)C)S(C)(=O)=O. The predicted molar refractivity (Wildman–Crippen MR) is 133 cm³/mol. The number of halogens is 1. The van der Waals surface area contributed by atoms with Crippen molar-refractivity contribution in [2.75, 3.05) is 17.1 Å². The summed E-state index contributed by atoms with van der Waals surface area (Å²) in [5.74, 6) is -0.857. The molecule has 2 aromatic rings. The molecule has 0 bridgehead atoms. The smallest absolute Gasteiger partial charge is 0.244 e. The molecule has 0 aliphatic rings. The Labute approximate surface area is 201 Å². The number of nitrogens with zero attached hydrogens (tertiary/aromatic N) is 2. The molecule has 1 unspecified atom stereocenters. The topological polar surface area (TPSA) is 86.8 Å². The summed E-state index contributed by atoms with van der Waals surface area (Å²) in [7, 11) is -3.77. The summed E-state index contributed by atoms with van der Waals surface area (Å²) >= 11 is 6.31. The van der Waals surface area contributed by atoms with Crippen LogP contribution in [0.1, 0.15) is 38.8 Å². The molecule has 0 saturated heterocycles. The number of nitrogens with one attached hydrogen (secondary N) is 1. The summed E-state index contributed by atoms with van der Waals surface area (Å²) in [5.41, 5.74) is 1.29. The van der Waals surface area contributed by atoms with E-state index in [1.54, 1.807) is 62.4 Å². The van der Waals surface area contributed by atoms with Gasteiger partial charge in [-0.1, -0.05) is 48.0 Å². The molecule has 2 rings (SSSR count). The molecule has 0 aliphatic carbocycles. The van der Waals surface area contributed by atoms with Crippen LogP contribution in [-0.4, -0.2) is 49.5 Å². The van der Waals surface area contributed by atoms with Gasteiger partial charge in [-0.25, -0.2) is 8.42 Å². The molecular weight excluding hydrogens is 462 g/mol. The van der Waals surface area contributed by atoms with Gasteiger partial charge in [-0.2, -0.15) is 0 Å². The van der Waals surface area contributed by atoms with Crippen LogP contribution in [0.25, 0.3) is 0 Å². The zero-order valence-corrected chi connectivity index (χ0v) is 21.5. The second-order valence-electron chi connectivity index (χ2n) is 9.08. The first-order valence-corrected chi connectivity index (χ1v) is 12.8. The molecule has 0 heterocycles. The van der Waals surface area contributed by atoms with Crippen molar-refractivity contribution in [3.8, 4) is 0 Å². The monoisotopic (exact) mass is 493 g/mol. The van der Waals surface area contributed by atoms with Gasteiger partial charge in [0.15, 0.2) is 0 Å². The lowest BCUT2D eigenvalue weighted by Gasteiger charge is -2.33. The van der Waals surface area contributed by atoms with E-state index in [0.717, 1.165) is 10.6 Å². The maximum atomic E-state index is 13.5. The molecular formula is C24H32ClN3O4S. The highest BCUT2D eigenvalue weighted by molar-refractivity contribution is 7.92. The Morgan fingerprint density at radius 1 is 1.06 bits per heavy atom. The summed E-state index contributed by atoms with van der Waals surface area (Å²) < 4.78 is 26.3. The summed E-state index contributed by atoms with van der Waals surface area (Å²) in [5, 5.41) is 3.34. The van der Waals surface area contributed by atoms with Crippen molar-refractivity contribution in [3.05, 3.63) is 64.7 Å². The van der Waals surface area contributed by atoms with Gasteiger partial charge in [0.05, 0.1) is 11.9 Å². The quantitative estimate of drug-likeness (QED) is 0.606. The van der Waals surface area contributed by atoms with Crippen molar-refractivity contribution in [2.24, 2.45) is 0 Å². The molecule has 0 aliphatic heterocycles. The third kappa shape index (κ3) is 7.47. The van der Waals surface area contributed by atoms with Gasteiger partial charge >= 0.3 is 0 Å². The molecule has 1 atom stereocenters. The van der Waals surface area contributed by atoms with Crippen LogP contribution in [0, 0.1) is 6.92 Å². The van der Waals surface area contributed by atoms with E-state index >= 15 is 0 Å².